The van der Waals surface area contributed by atoms with Crippen molar-refractivity contribution in [2.24, 2.45) is 0 Å². The number of carbonyl (C=O) groups excluding carboxylic acids is 1. The third kappa shape index (κ3) is 3.65. The van der Waals surface area contributed by atoms with Crippen LogP contribution < -0.4 is 14.8 Å². The van der Waals surface area contributed by atoms with Crippen molar-refractivity contribution in [3.05, 3.63) is 23.8 Å². The molecule has 0 aliphatic carbocycles. The molecule has 4 heteroatoms. The Morgan fingerprint density at radius 1 is 1.28 bits per heavy atom. The van der Waals surface area contributed by atoms with Crippen molar-refractivity contribution in [3.8, 4) is 11.5 Å². The van der Waals surface area contributed by atoms with Crippen LogP contribution in [0, 0.1) is 0 Å². The summed E-state index contributed by atoms with van der Waals surface area (Å²) in [5.41, 5.74) is 0.997. The zero-order valence-electron chi connectivity index (χ0n) is 11.4. The van der Waals surface area contributed by atoms with Gasteiger partial charge in [0.2, 0.25) is 5.91 Å². The van der Waals surface area contributed by atoms with E-state index in [9.17, 15) is 4.79 Å². The van der Waals surface area contributed by atoms with E-state index in [0.29, 0.717) is 17.9 Å². The van der Waals surface area contributed by atoms with Gasteiger partial charge in [-0.3, -0.25) is 4.79 Å². The molecule has 1 aromatic rings. The first-order valence-corrected chi connectivity index (χ1v) is 6.13. The minimum Gasteiger partial charge on any atom is -0.493 e. The number of hydrogen-bond donors (Lipinski definition) is 1. The second-order valence-corrected chi connectivity index (χ2v) is 4.15. The molecule has 1 amide bonds. The lowest BCUT2D eigenvalue weighted by atomic mass is 10.1. The SMILES string of the molecule is CCCC(=O)NC(C)c1ccc(OC)c(OC)c1. The van der Waals surface area contributed by atoms with Crippen molar-refractivity contribution in [3.63, 3.8) is 0 Å². The van der Waals surface area contributed by atoms with E-state index >= 15 is 0 Å². The van der Waals surface area contributed by atoms with E-state index in [1.165, 1.54) is 0 Å². The van der Waals surface area contributed by atoms with Crippen LogP contribution in [0.2, 0.25) is 0 Å². The predicted molar refractivity (Wildman–Crippen MR) is 71.0 cm³/mol. The highest BCUT2D eigenvalue weighted by Crippen LogP contribution is 2.29. The third-order valence-electron chi connectivity index (χ3n) is 2.76. The van der Waals surface area contributed by atoms with Crippen LogP contribution in [0.5, 0.6) is 11.5 Å². The first kappa shape index (κ1) is 14.4. The molecule has 100 valence electrons. The molecule has 1 atom stereocenters. The molecule has 0 aliphatic rings. The molecule has 18 heavy (non-hydrogen) atoms. The fraction of sp³-hybridized carbons (Fsp3) is 0.500. The number of nitrogens with one attached hydrogen (secondary N) is 1. The van der Waals surface area contributed by atoms with Gasteiger partial charge in [-0.2, -0.15) is 0 Å². The van der Waals surface area contributed by atoms with Gasteiger partial charge in [-0.15, -0.1) is 0 Å². The van der Waals surface area contributed by atoms with Gasteiger partial charge in [0.15, 0.2) is 11.5 Å². The maximum Gasteiger partial charge on any atom is 0.220 e. The monoisotopic (exact) mass is 251 g/mol. The van der Waals surface area contributed by atoms with Gasteiger partial charge in [-0.25, -0.2) is 0 Å². The summed E-state index contributed by atoms with van der Waals surface area (Å²) in [7, 11) is 3.20. The molecule has 1 rings (SSSR count). The summed E-state index contributed by atoms with van der Waals surface area (Å²) in [5.74, 6) is 1.43. The van der Waals surface area contributed by atoms with Crippen LogP contribution in [-0.4, -0.2) is 20.1 Å². The van der Waals surface area contributed by atoms with Gasteiger partial charge in [0.05, 0.1) is 20.3 Å². The Labute approximate surface area is 108 Å². The van der Waals surface area contributed by atoms with E-state index < -0.39 is 0 Å². The average Bonchev–Trinajstić information content (AvgIpc) is 2.38. The number of carbonyl (C=O) groups is 1. The average molecular weight is 251 g/mol. The van der Waals surface area contributed by atoms with Crippen LogP contribution in [0.15, 0.2) is 18.2 Å². The fourth-order valence-corrected chi connectivity index (χ4v) is 1.75. The van der Waals surface area contributed by atoms with E-state index in [-0.39, 0.29) is 11.9 Å². The van der Waals surface area contributed by atoms with Crippen LogP contribution >= 0.6 is 0 Å². The van der Waals surface area contributed by atoms with Crippen molar-refractivity contribution in [1.29, 1.82) is 0 Å². The van der Waals surface area contributed by atoms with Crippen molar-refractivity contribution < 1.29 is 14.3 Å². The predicted octanol–water partition coefficient (Wildman–Crippen LogP) is 2.68. The number of amides is 1. The summed E-state index contributed by atoms with van der Waals surface area (Å²) < 4.78 is 10.4. The van der Waals surface area contributed by atoms with Crippen LogP contribution in [0.3, 0.4) is 0 Å². The number of rotatable bonds is 6. The van der Waals surface area contributed by atoms with Crippen LogP contribution in [0.4, 0.5) is 0 Å². The van der Waals surface area contributed by atoms with E-state index in [4.69, 9.17) is 9.47 Å². The maximum absolute atomic E-state index is 11.5. The Morgan fingerprint density at radius 3 is 2.50 bits per heavy atom. The van der Waals surface area contributed by atoms with Crippen molar-refractivity contribution in [2.45, 2.75) is 32.7 Å². The first-order chi connectivity index (χ1) is 8.62. The van der Waals surface area contributed by atoms with Gasteiger partial charge in [0.1, 0.15) is 0 Å². The Kier molecular flexibility index (Phi) is 5.49. The van der Waals surface area contributed by atoms with Crippen molar-refractivity contribution in [1.82, 2.24) is 5.32 Å². The van der Waals surface area contributed by atoms with Crippen molar-refractivity contribution >= 4 is 5.91 Å². The lowest BCUT2D eigenvalue weighted by Crippen LogP contribution is -2.26. The molecule has 1 unspecified atom stereocenters. The summed E-state index contributed by atoms with van der Waals surface area (Å²) in [4.78, 5) is 11.5. The minimum absolute atomic E-state index is 0.0381. The van der Waals surface area contributed by atoms with E-state index in [1.807, 2.05) is 32.0 Å². The van der Waals surface area contributed by atoms with Crippen molar-refractivity contribution in [2.75, 3.05) is 14.2 Å². The normalized spacial score (nSPS) is 11.8. The van der Waals surface area contributed by atoms with Gasteiger partial charge in [-0.05, 0) is 31.0 Å². The molecule has 0 saturated heterocycles. The quantitative estimate of drug-likeness (QED) is 0.845. The highest BCUT2D eigenvalue weighted by molar-refractivity contribution is 5.76. The Balaban J connectivity index is 2.79. The molecule has 0 heterocycles. The number of hydrogen-bond acceptors (Lipinski definition) is 3. The molecule has 1 aromatic carbocycles. The Bertz CT molecular complexity index is 404. The molecular weight excluding hydrogens is 230 g/mol. The van der Waals surface area contributed by atoms with Crippen LogP contribution in [-0.2, 0) is 4.79 Å². The van der Waals surface area contributed by atoms with E-state index in [0.717, 1.165) is 12.0 Å². The third-order valence-corrected chi connectivity index (χ3v) is 2.76. The topological polar surface area (TPSA) is 47.6 Å². The lowest BCUT2D eigenvalue weighted by molar-refractivity contribution is -0.121. The van der Waals surface area contributed by atoms with Crippen LogP contribution in [0.25, 0.3) is 0 Å². The summed E-state index contributed by atoms with van der Waals surface area (Å²) in [6.07, 6.45) is 1.40. The molecule has 0 radical (unpaired) electrons. The molecule has 0 spiro atoms. The van der Waals surface area contributed by atoms with E-state index in [1.54, 1.807) is 14.2 Å². The molecule has 0 bridgehead atoms. The summed E-state index contributed by atoms with van der Waals surface area (Å²) in [6, 6.07) is 5.62. The van der Waals surface area contributed by atoms with Gasteiger partial charge in [0, 0.05) is 6.42 Å². The van der Waals surface area contributed by atoms with Gasteiger partial charge in [0.25, 0.3) is 0 Å². The number of benzene rings is 1. The molecular formula is C14H21NO3. The number of methoxy groups -OCH3 is 2. The van der Waals surface area contributed by atoms with E-state index in [2.05, 4.69) is 5.32 Å². The lowest BCUT2D eigenvalue weighted by Gasteiger charge is -2.16. The second-order valence-electron chi connectivity index (χ2n) is 4.15. The maximum atomic E-state index is 11.5. The molecule has 1 N–H and O–H groups in total. The first-order valence-electron chi connectivity index (χ1n) is 6.13. The second kappa shape index (κ2) is 6.89. The van der Waals surface area contributed by atoms with Gasteiger partial charge >= 0.3 is 0 Å². The summed E-state index contributed by atoms with van der Waals surface area (Å²) in [6.45, 7) is 3.94. The molecule has 0 aliphatic heterocycles. The largest absolute Gasteiger partial charge is 0.493 e. The standard InChI is InChI=1S/C14H21NO3/c1-5-6-14(16)15-10(2)11-7-8-12(17-3)13(9-11)18-4/h7-10H,5-6H2,1-4H3,(H,15,16). The smallest absolute Gasteiger partial charge is 0.220 e. The van der Waals surface area contributed by atoms with Crippen LogP contribution in [0.1, 0.15) is 38.3 Å². The zero-order valence-corrected chi connectivity index (χ0v) is 11.4. The summed E-state index contributed by atoms with van der Waals surface area (Å²) in [5, 5.41) is 2.95. The summed E-state index contributed by atoms with van der Waals surface area (Å²) >= 11 is 0. The number of ether oxygens (including phenoxy) is 2. The minimum atomic E-state index is -0.0381. The Morgan fingerprint density at radius 2 is 1.94 bits per heavy atom. The molecule has 0 aromatic heterocycles. The Hall–Kier alpha value is -1.71. The molecule has 0 saturated carbocycles. The van der Waals surface area contributed by atoms with Gasteiger partial charge < -0.3 is 14.8 Å². The highest BCUT2D eigenvalue weighted by atomic mass is 16.5. The fourth-order valence-electron chi connectivity index (χ4n) is 1.75. The zero-order chi connectivity index (χ0) is 13.5. The highest BCUT2D eigenvalue weighted by Gasteiger charge is 2.12. The molecule has 0 fully saturated rings. The molecule has 4 nitrogen and oxygen atoms in total. The van der Waals surface area contributed by atoms with Gasteiger partial charge in [-0.1, -0.05) is 13.0 Å².